The summed E-state index contributed by atoms with van der Waals surface area (Å²) in [6, 6.07) is 0. The minimum Gasteiger partial charge on any atom is -0.478 e. The van der Waals surface area contributed by atoms with Crippen molar-refractivity contribution in [3.63, 3.8) is 0 Å². The predicted molar refractivity (Wildman–Crippen MR) is 50.9 cm³/mol. The van der Waals surface area contributed by atoms with Gasteiger partial charge >= 0.3 is 5.97 Å². The van der Waals surface area contributed by atoms with Crippen LogP contribution in [0.3, 0.4) is 0 Å². The molecule has 0 spiro atoms. The number of carbonyl (C=O) groups excluding carboxylic acids is 1. The van der Waals surface area contributed by atoms with Gasteiger partial charge in [-0.1, -0.05) is 0 Å². The highest BCUT2D eigenvalue weighted by Crippen LogP contribution is 2.09. The molecule has 0 unspecified atom stereocenters. The Morgan fingerprint density at radius 3 is 2.71 bits per heavy atom. The quantitative estimate of drug-likeness (QED) is 0.655. The summed E-state index contributed by atoms with van der Waals surface area (Å²) < 4.78 is 0. The molecule has 1 amide bonds. The second-order valence-corrected chi connectivity index (χ2v) is 3.54. The van der Waals surface area contributed by atoms with Gasteiger partial charge < -0.3 is 14.9 Å². The van der Waals surface area contributed by atoms with E-state index in [-0.39, 0.29) is 18.0 Å². The lowest BCUT2D eigenvalue weighted by Crippen LogP contribution is -2.33. The zero-order valence-electron chi connectivity index (χ0n) is 8.36. The normalized spacial score (nSPS) is 16.4. The standard InChI is InChI=1S/C9H14N2O3/c1-10(2)3-4-11-6-7(9(13)14)5-8(11)12/h5H,3-4,6H2,1-2H3,(H,13,14). The highest BCUT2D eigenvalue weighted by atomic mass is 16.4. The second-order valence-electron chi connectivity index (χ2n) is 3.54. The first-order chi connectivity index (χ1) is 6.50. The van der Waals surface area contributed by atoms with Crippen LogP contribution in [0.5, 0.6) is 0 Å². The maximum Gasteiger partial charge on any atom is 0.333 e. The van der Waals surface area contributed by atoms with Gasteiger partial charge in [0.15, 0.2) is 0 Å². The first kappa shape index (κ1) is 10.7. The minimum absolute atomic E-state index is 0.175. The lowest BCUT2D eigenvalue weighted by atomic mass is 10.3. The monoisotopic (exact) mass is 198 g/mol. The summed E-state index contributed by atoms with van der Waals surface area (Å²) in [4.78, 5) is 25.3. The number of carbonyl (C=O) groups is 2. The van der Waals surface area contributed by atoms with Gasteiger partial charge in [0, 0.05) is 19.2 Å². The van der Waals surface area contributed by atoms with Crippen molar-refractivity contribution >= 4 is 11.9 Å². The molecule has 0 saturated heterocycles. The molecular weight excluding hydrogens is 184 g/mol. The van der Waals surface area contributed by atoms with Gasteiger partial charge in [0.2, 0.25) is 5.91 Å². The van der Waals surface area contributed by atoms with Crippen LogP contribution in [0.25, 0.3) is 0 Å². The Morgan fingerprint density at radius 1 is 1.64 bits per heavy atom. The molecular formula is C9H14N2O3. The Labute approximate surface area is 82.6 Å². The molecule has 0 saturated carbocycles. The Hall–Kier alpha value is -1.36. The van der Waals surface area contributed by atoms with E-state index in [1.165, 1.54) is 11.0 Å². The van der Waals surface area contributed by atoms with E-state index in [0.717, 1.165) is 6.54 Å². The molecule has 78 valence electrons. The van der Waals surface area contributed by atoms with Crippen LogP contribution in [0.1, 0.15) is 0 Å². The number of carboxylic acid groups (broad SMARTS) is 1. The van der Waals surface area contributed by atoms with Gasteiger partial charge in [0.25, 0.3) is 0 Å². The second kappa shape index (κ2) is 4.23. The molecule has 1 N–H and O–H groups in total. The molecule has 0 aromatic rings. The molecule has 0 aliphatic carbocycles. The summed E-state index contributed by atoms with van der Waals surface area (Å²) in [5.41, 5.74) is 0.175. The fraction of sp³-hybridized carbons (Fsp3) is 0.556. The molecule has 0 aromatic carbocycles. The van der Waals surface area contributed by atoms with Crippen LogP contribution in [0.2, 0.25) is 0 Å². The van der Waals surface area contributed by atoms with E-state index in [9.17, 15) is 9.59 Å². The van der Waals surface area contributed by atoms with Gasteiger partial charge in [-0.15, -0.1) is 0 Å². The predicted octanol–water partition coefficient (Wildman–Crippen LogP) is -0.599. The van der Waals surface area contributed by atoms with Crippen molar-refractivity contribution in [3.8, 4) is 0 Å². The van der Waals surface area contributed by atoms with Crippen molar-refractivity contribution in [2.24, 2.45) is 0 Å². The van der Waals surface area contributed by atoms with Crippen LogP contribution in [0.15, 0.2) is 11.6 Å². The van der Waals surface area contributed by atoms with E-state index in [2.05, 4.69) is 0 Å². The van der Waals surface area contributed by atoms with Crippen LogP contribution in [-0.2, 0) is 9.59 Å². The SMILES string of the molecule is CN(C)CCN1CC(C(=O)O)=CC1=O. The van der Waals surface area contributed by atoms with Crippen molar-refractivity contribution in [3.05, 3.63) is 11.6 Å². The van der Waals surface area contributed by atoms with Gasteiger partial charge in [-0.05, 0) is 14.1 Å². The van der Waals surface area contributed by atoms with E-state index in [1.807, 2.05) is 19.0 Å². The first-order valence-corrected chi connectivity index (χ1v) is 4.38. The number of aliphatic carboxylic acids is 1. The summed E-state index contributed by atoms with van der Waals surface area (Å²) in [6.45, 7) is 1.54. The van der Waals surface area contributed by atoms with Crippen molar-refractivity contribution in [2.45, 2.75) is 0 Å². The van der Waals surface area contributed by atoms with Gasteiger partial charge in [-0.3, -0.25) is 4.79 Å². The van der Waals surface area contributed by atoms with Gasteiger partial charge in [0.05, 0.1) is 12.1 Å². The summed E-state index contributed by atoms with van der Waals surface area (Å²) in [5.74, 6) is -1.21. The summed E-state index contributed by atoms with van der Waals surface area (Å²) in [6.07, 6.45) is 1.19. The number of amides is 1. The highest BCUT2D eigenvalue weighted by Gasteiger charge is 2.24. The number of hydrogen-bond acceptors (Lipinski definition) is 3. The lowest BCUT2D eigenvalue weighted by molar-refractivity contribution is -0.132. The molecule has 1 rings (SSSR count). The van der Waals surface area contributed by atoms with Crippen LogP contribution < -0.4 is 0 Å². The first-order valence-electron chi connectivity index (χ1n) is 4.38. The molecule has 5 nitrogen and oxygen atoms in total. The molecule has 1 aliphatic heterocycles. The average Bonchev–Trinajstić information content (AvgIpc) is 2.43. The average molecular weight is 198 g/mol. The third kappa shape index (κ3) is 2.56. The molecule has 0 radical (unpaired) electrons. The maximum atomic E-state index is 11.3. The Kier molecular flexibility index (Phi) is 3.24. The number of nitrogens with zero attached hydrogens (tertiary/aromatic N) is 2. The van der Waals surface area contributed by atoms with Gasteiger partial charge in [0.1, 0.15) is 0 Å². The topological polar surface area (TPSA) is 60.9 Å². The van der Waals surface area contributed by atoms with E-state index in [1.54, 1.807) is 0 Å². The summed E-state index contributed by atoms with van der Waals surface area (Å²) in [5, 5.41) is 8.67. The summed E-state index contributed by atoms with van der Waals surface area (Å²) in [7, 11) is 3.82. The largest absolute Gasteiger partial charge is 0.478 e. The third-order valence-electron chi connectivity index (χ3n) is 2.06. The lowest BCUT2D eigenvalue weighted by Gasteiger charge is -2.18. The smallest absolute Gasteiger partial charge is 0.333 e. The zero-order valence-corrected chi connectivity index (χ0v) is 8.36. The number of hydrogen-bond donors (Lipinski definition) is 1. The minimum atomic E-state index is -1.01. The van der Waals surface area contributed by atoms with E-state index in [0.29, 0.717) is 6.54 Å². The Balaban J connectivity index is 2.47. The molecule has 0 bridgehead atoms. The van der Waals surface area contributed by atoms with Crippen molar-refractivity contribution < 1.29 is 14.7 Å². The molecule has 14 heavy (non-hydrogen) atoms. The number of rotatable bonds is 4. The molecule has 0 atom stereocenters. The number of carboxylic acids is 1. The van der Waals surface area contributed by atoms with Crippen LogP contribution in [0, 0.1) is 0 Å². The van der Waals surface area contributed by atoms with Gasteiger partial charge in [-0.25, -0.2) is 4.79 Å². The third-order valence-corrected chi connectivity index (χ3v) is 2.06. The Morgan fingerprint density at radius 2 is 2.29 bits per heavy atom. The zero-order chi connectivity index (χ0) is 10.7. The van der Waals surface area contributed by atoms with E-state index < -0.39 is 5.97 Å². The van der Waals surface area contributed by atoms with Crippen molar-refractivity contribution in [1.29, 1.82) is 0 Å². The molecule has 0 fully saturated rings. The molecule has 1 heterocycles. The fourth-order valence-corrected chi connectivity index (χ4v) is 1.21. The van der Waals surface area contributed by atoms with Crippen LogP contribution >= 0.6 is 0 Å². The van der Waals surface area contributed by atoms with E-state index in [4.69, 9.17) is 5.11 Å². The van der Waals surface area contributed by atoms with Gasteiger partial charge in [-0.2, -0.15) is 0 Å². The molecule has 1 aliphatic rings. The highest BCUT2D eigenvalue weighted by molar-refractivity contribution is 6.01. The van der Waals surface area contributed by atoms with Crippen LogP contribution in [-0.4, -0.2) is 60.5 Å². The maximum absolute atomic E-state index is 11.3. The fourth-order valence-electron chi connectivity index (χ4n) is 1.21. The molecule has 0 aromatic heterocycles. The van der Waals surface area contributed by atoms with E-state index >= 15 is 0 Å². The summed E-state index contributed by atoms with van der Waals surface area (Å²) >= 11 is 0. The van der Waals surface area contributed by atoms with Crippen molar-refractivity contribution in [2.75, 3.05) is 33.7 Å². The van der Waals surface area contributed by atoms with Crippen molar-refractivity contribution in [1.82, 2.24) is 9.80 Å². The Bertz CT molecular complexity index is 284. The molecule has 5 heteroatoms. The van der Waals surface area contributed by atoms with Crippen LogP contribution in [0.4, 0.5) is 0 Å². The number of likely N-dealkylation sites (N-methyl/N-ethyl adjacent to an activating group) is 1.